The summed E-state index contributed by atoms with van der Waals surface area (Å²) in [4.78, 5) is 22.1. The number of hydrogen-bond acceptors (Lipinski definition) is 3. The molecule has 0 aromatic heterocycles. The second kappa shape index (κ2) is 2.77. The second-order valence-corrected chi connectivity index (χ2v) is 2.33. The summed E-state index contributed by atoms with van der Waals surface area (Å²) in [5.74, 6) is -1.61. The fourth-order valence-electron chi connectivity index (χ4n) is 1.06. The fourth-order valence-corrected chi connectivity index (χ4v) is 1.06. The Balaban J connectivity index is 3.33. The summed E-state index contributed by atoms with van der Waals surface area (Å²) in [6.07, 6.45) is 2.60. The zero-order valence-electron chi connectivity index (χ0n) is 6.63. The molecule has 62 valence electrons. The topological polar surface area (TPSA) is 54.4 Å². The van der Waals surface area contributed by atoms with Crippen molar-refractivity contribution < 1.29 is 14.7 Å². The molecule has 0 atom stereocenters. The highest BCUT2D eigenvalue weighted by Crippen LogP contribution is 2.23. The van der Waals surface area contributed by atoms with E-state index in [0.29, 0.717) is 0 Å². The zero-order chi connectivity index (χ0) is 9.30. The first kappa shape index (κ1) is 8.46. The molecular formula is C9H8O3. The van der Waals surface area contributed by atoms with Crippen molar-refractivity contribution in [1.82, 2.24) is 0 Å². The molecule has 1 aliphatic rings. The van der Waals surface area contributed by atoms with Gasteiger partial charge < -0.3 is 5.11 Å². The smallest absolute Gasteiger partial charge is 0.237 e. The molecule has 0 bridgehead atoms. The molecule has 0 saturated heterocycles. The molecule has 0 saturated carbocycles. The summed E-state index contributed by atoms with van der Waals surface area (Å²) < 4.78 is 0. The van der Waals surface area contributed by atoms with Crippen molar-refractivity contribution in [3.8, 4) is 0 Å². The number of rotatable bonds is 1. The van der Waals surface area contributed by atoms with Crippen molar-refractivity contribution in [2.45, 2.75) is 6.92 Å². The van der Waals surface area contributed by atoms with Crippen molar-refractivity contribution in [3.63, 3.8) is 0 Å². The van der Waals surface area contributed by atoms with E-state index in [1.54, 1.807) is 6.92 Å². The standard InChI is InChI=1S/C9H8O3/c1-3-5-7(10)6(4-2)9(12)8(5)11/h3-4,10H,1H2,2H3/b6-4-. The van der Waals surface area contributed by atoms with Gasteiger partial charge >= 0.3 is 0 Å². The highest BCUT2D eigenvalue weighted by molar-refractivity contribution is 6.53. The van der Waals surface area contributed by atoms with Gasteiger partial charge in [0.25, 0.3) is 0 Å². The van der Waals surface area contributed by atoms with E-state index in [1.165, 1.54) is 12.2 Å². The van der Waals surface area contributed by atoms with Crippen molar-refractivity contribution in [1.29, 1.82) is 0 Å². The third-order valence-corrected chi connectivity index (χ3v) is 1.70. The van der Waals surface area contributed by atoms with E-state index < -0.39 is 11.6 Å². The number of carbonyl (C=O) groups is 2. The largest absolute Gasteiger partial charge is 0.506 e. The summed E-state index contributed by atoms with van der Waals surface area (Å²) in [6.45, 7) is 4.91. The highest BCUT2D eigenvalue weighted by atomic mass is 16.3. The lowest BCUT2D eigenvalue weighted by Crippen LogP contribution is -2.08. The third kappa shape index (κ3) is 0.906. The van der Waals surface area contributed by atoms with Crippen LogP contribution in [-0.2, 0) is 9.59 Å². The number of Topliss-reactive ketones (excluding diaryl/α,β-unsaturated/α-hetero) is 2. The summed E-state index contributed by atoms with van der Waals surface area (Å²) in [5.41, 5.74) is 0.0583. The van der Waals surface area contributed by atoms with Crippen molar-refractivity contribution in [2.75, 3.05) is 0 Å². The molecule has 0 spiro atoms. The number of hydrogen-bond donors (Lipinski definition) is 1. The van der Waals surface area contributed by atoms with Gasteiger partial charge in [-0.05, 0) is 6.92 Å². The monoisotopic (exact) mass is 164 g/mol. The molecule has 0 radical (unpaired) electrons. The Morgan fingerprint density at radius 2 is 1.92 bits per heavy atom. The minimum Gasteiger partial charge on any atom is -0.506 e. The van der Waals surface area contributed by atoms with Gasteiger partial charge in [-0.2, -0.15) is 0 Å². The molecular weight excluding hydrogens is 156 g/mol. The highest BCUT2D eigenvalue weighted by Gasteiger charge is 2.33. The normalized spacial score (nSPS) is 20.9. The second-order valence-electron chi connectivity index (χ2n) is 2.33. The van der Waals surface area contributed by atoms with Crippen LogP contribution < -0.4 is 0 Å². The molecule has 0 amide bonds. The Morgan fingerprint density at radius 1 is 1.33 bits per heavy atom. The number of allylic oxidation sites excluding steroid dienone is 4. The first-order chi connectivity index (χ1) is 5.63. The Morgan fingerprint density at radius 3 is 2.17 bits per heavy atom. The first-order valence-corrected chi connectivity index (χ1v) is 3.44. The first-order valence-electron chi connectivity index (χ1n) is 3.44. The van der Waals surface area contributed by atoms with E-state index in [4.69, 9.17) is 0 Å². The van der Waals surface area contributed by atoms with Gasteiger partial charge in [0.1, 0.15) is 5.76 Å². The average molecular weight is 164 g/mol. The molecule has 1 N–H and O–H groups in total. The fraction of sp³-hybridized carbons (Fsp3) is 0.111. The number of carbonyl (C=O) groups excluding carboxylic acids is 2. The lowest BCUT2D eigenvalue weighted by Gasteiger charge is -1.91. The average Bonchev–Trinajstić information content (AvgIpc) is 2.25. The lowest BCUT2D eigenvalue weighted by atomic mass is 10.2. The van der Waals surface area contributed by atoms with Gasteiger partial charge in [-0.3, -0.25) is 9.59 Å². The molecule has 0 aliphatic heterocycles. The number of ketones is 2. The third-order valence-electron chi connectivity index (χ3n) is 1.70. The molecule has 12 heavy (non-hydrogen) atoms. The minimum atomic E-state index is -0.685. The van der Waals surface area contributed by atoms with Gasteiger partial charge in [0.05, 0.1) is 11.1 Å². The van der Waals surface area contributed by atoms with Gasteiger partial charge in [0, 0.05) is 0 Å². The maximum absolute atomic E-state index is 11.0. The maximum Gasteiger partial charge on any atom is 0.237 e. The minimum absolute atomic E-state index is 0.00639. The molecule has 0 aromatic rings. The predicted molar refractivity (Wildman–Crippen MR) is 43.6 cm³/mol. The molecule has 3 nitrogen and oxygen atoms in total. The van der Waals surface area contributed by atoms with Crippen LogP contribution in [0.3, 0.4) is 0 Å². The summed E-state index contributed by atoms with van der Waals surface area (Å²) in [7, 11) is 0. The molecule has 3 heteroatoms. The van der Waals surface area contributed by atoms with Crippen LogP contribution in [0.15, 0.2) is 35.6 Å². The van der Waals surface area contributed by atoms with Gasteiger partial charge in [0.15, 0.2) is 0 Å². The summed E-state index contributed by atoms with van der Waals surface area (Å²) >= 11 is 0. The van der Waals surface area contributed by atoms with Crippen LogP contribution in [0.2, 0.25) is 0 Å². The molecule has 1 aliphatic carbocycles. The number of aliphatic hydroxyl groups excluding tert-OH is 1. The van der Waals surface area contributed by atoms with Crippen LogP contribution in [-0.4, -0.2) is 16.7 Å². The quantitative estimate of drug-likeness (QED) is 0.466. The van der Waals surface area contributed by atoms with Crippen LogP contribution in [0.1, 0.15) is 6.92 Å². The Labute approximate surface area is 69.7 Å². The van der Waals surface area contributed by atoms with Crippen LogP contribution in [0.4, 0.5) is 0 Å². The van der Waals surface area contributed by atoms with Crippen LogP contribution in [0.25, 0.3) is 0 Å². The van der Waals surface area contributed by atoms with Crippen LogP contribution in [0.5, 0.6) is 0 Å². The number of aliphatic hydroxyl groups is 1. The summed E-state index contributed by atoms with van der Waals surface area (Å²) in [6, 6.07) is 0. The molecule has 0 heterocycles. The van der Waals surface area contributed by atoms with Crippen LogP contribution in [0, 0.1) is 0 Å². The molecule has 0 aromatic carbocycles. The van der Waals surface area contributed by atoms with Crippen molar-refractivity contribution >= 4 is 11.6 Å². The SMILES string of the molecule is C=CC1=C(O)/C(=C/C)C(=O)C1=O. The van der Waals surface area contributed by atoms with Gasteiger partial charge in [-0.25, -0.2) is 0 Å². The van der Waals surface area contributed by atoms with E-state index in [1.807, 2.05) is 0 Å². The van der Waals surface area contributed by atoms with E-state index in [0.717, 1.165) is 0 Å². The Hall–Kier alpha value is -1.64. The molecule has 0 fully saturated rings. The van der Waals surface area contributed by atoms with Gasteiger partial charge in [0.2, 0.25) is 11.6 Å². The van der Waals surface area contributed by atoms with Gasteiger partial charge in [-0.1, -0.05) is 18.7 Å². The van der Waals surface area contributed by atoms with E-state index in [9.17, 15) is 14.7 Å². The van der Waals surface area contributed by atoms with Crippen LogP contribution >= 0.6 is 0 Å². The summed E-state index contributed by atoms with van der Waals surface area (Å²) in [5, 5.41) is 9.29. The maximum atomic E-state index is 11.0. The molecule has 0 unspecified atom stereocenters. The molecule has 1 rings (SSSR count). The predicted octanol–water partition coefficient (Wildman–Crippen LogP) is 1.08. The van der Waals surface area contributed by atoms with Gasteiger partial charge in [-0.15, -0.1) is 0 Å². The Kier molecular flexibility index (Phi) is 1.95. The van der Waals surface area contributed by atoms with Crippen molar-refractivity contribution in [3.05, 3.63) is 35.6 Å². The van der Waals surface area contributed by atoms with E-state index >= 15 is 0 Å². The van der Waals surface area contributed by atoms with E-state index in [-0.39, 0.29) is 16.9 Å². The lowest BCUT2D eigenvalue weighted by molar-refractivity contribution is -0.131. The van der Waals surface area contributed by atoms with Crippen molar-refractivity contribution in [2.24, 2.45) is 0 Å². The Bertz CT molecular complexity index is 332. The van der Waals surface area contributed by atoms with E-state index in [2.05, 4.69) is 6.58 Å². The zero-order valence-corrected chi connectivity index (χ0v) is 6.63.